The minimum atomic E-state index is -3.70. The second kappa shape index (κ2) is 7.38. The van der Waals surface area contributed by atoms with Crippen molar-refractivity contribution in [2.24, 2.45) is 22.7 Å². The molecule has 1 spiro atoms. The van der Waals surface area contributed by atoms with Crippen LogP contribution in [0.1, 0.15) is 79.6 Å². The molecule has 6 nitrogen and oxygen atoms in total. The van der Waals surface area contributed by atoms with Crippen molar-refractivity contribution in [3.8, 4) is 0 Å². The lowest BCUT2D eigenvalue weighted by molar-refractivity contribution is -0.139. The number of hydrogen-bond acceptors (Lipinski definition) is 5. The van der Waals surface area contributed by atoms with Gasteiger partial charge in [-0.15, -0.1) is 0 Å². The third-order valence-corrected chi connectivity index (χ3v) is 16.5. The highest BCUT2D eigenvalue weighted by Crippen LogP contribution is 2.70. The molecule has 4 fully saturated rings. The smallest absolute Gasteiger partial charge is 0.246 e. The van der Waals surface area contributed by atoms with Crippen LogP contribution in [0, 0.1) is 22.7 Å². The summed E-state index contributed by atoms with van der Waals surface area (Å²) >= 11 is 0. The Balaban J connectivity index is 1.53. The van der Waals surface area contributed by atoms with E-state index in [0.717, 1.165) is 19.3 Å². The van der Waals surface area contributed by atoms with E-state index < -0.39 is 30.2 Å². The Morgan fingerprint density at radius 2 is 1.78 bits per heavy atom. The maximum Gasteiger partial charge on any atom is 0.246 e. The molecule has 0 aromatic rings. The Morgan fingerprint density at radius 3 is 2.38 bits per heavy atom. The molecule has 182 valence electrons. The van der Waals surface area contributed by atoms with Gasteiger partial charge >= 0.3 is 0 Å². The van der Waals surface area contributed by atoms with Gasteiger partial charge in [-0.1, -0.05) is 34.6 Å². The van der Waals surface area contributed by atoms with E-state index in [-0.39, 0.29) is 46.0 Å². The molecule has 1 amide bonds. The molecule has 1 aliphatic heterocycles. The van der Waals surface area contributed by atoms with Gasteiger partial charge in [0.25, 0.3) is 0 Å². The molecule has 1 heterocycles. The van der Waals surface area contributed by atoms with Crippen LogP contribution in [0.5, 0.6) is 0 Å². The van der Waals surface area contributed by atoms with Crippen LogP contribution in [0.2, 0.25) is 18.1 Å². The molecule has 0 unspecified atom stereocenters. The Hall–Kier alpha value is -0.733. The van der Waals surface area contributed by atoms with Gasteiger partial charge in [-0.25, -0.2) is 12.7 Å². The van der Waals surface area contributed by atoms with E-state index in [0.29, 0.717) is 25.2 Å². The minimum absolute atomic E-state index is 0.0411. The average molecular weight is 484 g/mol. The molecule has 4 aliphatic rings. The van der Waals surface area contributed by atoms with Gasteiger partial charge in [0.2, 0.25) is 15.9 Å². The SMILES string of the molecule is CC1(C)[C@H]2CC[C@@]13CS(=O)(=O)N(C(=O)[C@H]1CC[C@@H](O[Si](C)(C)C(C)(C)C)CCC1=O)[C@H]3C2. The van der Waals surface area contributed by atoms with Crippen molar-refractivity contribution in [1.82, 2.24) is 4.31 Å². The Kier molecular flexibility index (Phi) is 5.63. The minimum Gasteiger partial charge on any atom is -0.414 e. The molecule has 4 rings (SSSR count). The number of amides is 1. The molecule has 0 aromatic heterocycles. The van der Waals surface area contributed by atoms with Crippen LogP contribution in [0.3, 0.4) is 0 Å². The normalized spacial score (nSPS) is 38.6. The summed E-state index contributed by atoms with van der Waals surface area (Å²) in [6, 6.07) is -0.274. The Bertz CT molecular complexity index is 921. The summed E-state index contributed by atoms with van der Waals surface area (Å²) in [5, 5.41) is 0.0745. The lowest BCUT2D eigenvalue weighted by atomic mass is 9.69. The summed E-state index contributed by atoms with van der Waals surface area (Å²) < 4.78 is 34.3. The van der Waals surface area contributed by atoms with Crippen molar-refractivity contribution in [3.05, 3.63) is 0 Å². The van der Waals surface area contributed by atoms with Crippen molar-refractivity contribution < 1.29 is 22.4 Å². The van der Waals surface area contributed by atoms with Gasteiger partial charge in [-0.05, 0) is 68.0 Å². The van der Waals surface area contributed by atoms with Crippen LogP contribution in [-0.2, 0) is 24.0 Å². The summed E-state index contributed by atoms with van der Waals surface area (Å²) in [7, 11) is -5.68. The van der Waals surface area contributed by atoms with Crippen molar-refractivity contribution in [2.75, 3.05) is 5.75 Å². The lowest BCUT2D eigenvalue weighted by Gasteiger charge is -2.39. The summed E-state index contributed by atoms with van der Waals surface area (Å²) in [6.07, 6.45) is 4.52. The van der Waals surface area contributed by atoms with E-state index in [9.17, 15) is 18.0 Å². The summed E-state index contributed by atoms with van der Waals surface area (Å²) in [6.45, 7) is 15.3. The molecule has 0 radical (unpaired) electrons. The van der Waals surface area contributed by atoms with Crippen molar-refractivity contribution in [1.29, 1.82) is 0 Å². The van der Waals surface area contributed by atoms with Gasteiger partial charge in [0.05, 0.1) is 17.7 Å². The number of sulfonamides is 1. The molecule has 8 heteroatoms. The van der Waals surface area contributed by atoms with Crippen LogP contribution < -0.4 is 0 Å². The second-order valence-electron chi connectivity index (χ2n) is 12.9. The molecule has 2 bridgehead atoms. The number of nitrogens with zero attached hydrogens (tertiary/aromatic N) is 1. The van der Waals surface area contributed by atoms with Crippen LogP contribution >= 0.6 is 0 Å². The summed E-state index contributed by atoms with van der Waals surface area (Å²) in [5.74, 6) is -0.929. The largest absolute Gasteiger partial charge is 0.414 e. The third kappa shape index (κ3) is 3.46. The molecule has 1 saturated heterocycles. The standard InChI is InChI=1S/C24H41NO5SSi/c1-22(2,3)32(6,7)30-17-8-10-18(19(26)11-9-17)21(27)25-20-14-16-12-13-24(20,23(16,4)5)15-31(25,28)29/h16-18,20H,8-15H2,1-7H3/t16-,17+,18-,20-,24-/m0/s1. The first-order valence-electron chi connectivity index (χ1n) is 12.3. The van der Waals surface area contributed by atoms with Gasteiger partial charge in [0.1, 0.15) is 5.78 Å². The fraction of sp³-hybridized carbons (Fsp3) is 0.917. The summed E-state index contributed by atoms with van der Waals surface area (Å²) in [4.78, 5) is 26.7. The molecule has 3 aliphatic carbocycles. The van der Waals surface area contributed by atoms with Crippen LogP contribution in [0.15, 0.2) is 0 Å². The zero-order valence-corrected chi connectivity index (χ0v) is 22.7. The number of carbonyl (C=O) groups is 2. The van der Waals surface area contributed by atoms with Crippen LogP contribution in [0.25, 0.3) is 0 Å². The van der Waals surface area contributed by atoms with E-state index in [1.165, 1.54) is 4.31 Å². The van der Waals surface area contributed by atoms with Gasteiger partial charge in [-0.3, -0.25) is 9.59 Å². The third-order valence-electron chi connectivity index (χ3n) is 10.1. The molecule has 0 aromatic carbocycles. The molecule has 0 N–H and O–H groups in total. The van der Waals surface area contributed by atoms with E-state index in [1.54, 1.807) is 0 Å². The highest BCUT2D eigenvalue weighted by molar-refractivity contribution is 7.90. The number of Topliss-reactive ketones (excluding diaryl/α,β-unsaturated/α-hetero) is 1. The van der Waals surface area contributed by atoms with E-state index >= 15 is 0 Å². The predicted octanol–water partition coefficient (Wildman–Crippen LogP) is 4.50. The zero-order chi connectivity index (χ0) is 23.9. The highest BCUT2D eigenvalue weighted by Gasteiger charge is 2.72. The second-order valence-corrected chi connectivity index (χ2v) is 19.5. The van der Waals surface area contributed by atoms with E-state index in [4.69, 9.17) is 4.43 Å². The fourth-order valence-electron chi connectivity index (χ4n) is 6.84. The fourth-order valence-corrected chi connectivity index (χ4v) is 10.8. The zero-order valence-electron chi connectivity index (χ0n) is 20.9. The Morgan fingerprint density at radius 1 is 1.12 bits per heavy atom. The number of hydrogen-bond donors (Lipinski definition) is 0. The first-order chi connectivity index (χ1) is 14.5. The highest BCUT2D eigenvalue weighted by atomic mass is 32.2. The topological polar surface area (TPSA) is 80.8 Å². The van der Waals surface area contributed by atoms with Crippen LogP contribution in [-0.4, -0.2) is 50.6 Å². The van der Waals surface area contributed by atoms with Crippen molar-refractivity contribution in [2.45, 2.75) is 110 Å². The number of fused-ring (bicyclic) bond motifs is 1. The van der Waals surface area contributed by atoms with Crippen molar-refractivity contribution >= 4 is 30.0 Å². The van der Waals surface area contributed by atoms with Gasteiger partial charge in [0.15, 0.2) is 8.32 Å². The predicted molar refractivity (Wildman–Crippen MR) is 127 cm³/mol. The number of carbonyl (C=O) groups excluding carboxylic acids is 2. The van der Waals surface area contributed by atoms with Gasteiger partial charge < -0.3 is 4.43 Å². The number of rotatable bonds is 3. The first kappa shape index (κ1) is 24.4. The number of ketones is 1. The quantitative estimate of drug-likeness (QED) is 0.335. The molecule has 32 heavy (non-hydrogen) atoms. The molecule has 5 atom stereocenters. The average Bonchev–Trinajstić information content (AvgIpc) is 3.03. The monoisotopic (exact) mass is 483 g/mol. The van der Waals surface area contributed by atoms with Gasteiger partial charge in [0, 0.05) is 17.9 Å². The van der Waals surface area contributed by atoms with E-state index in [1.807, 2.05) is 0 Å². The lowest BCUT2D eigenvalue weighted by Crippen LogP contribution is -2.47. The van der Waals surface area contributed by atoms with Gasteiger partial charge in [-0.2, -0.15) is 0 Å². The molecular formula is C24H41NO5SSi. The maximum atomic E-state index is 13.7. The molecule has 3 saturated carbocycles. The maximum absolute atomic E-state index is 13.7. The van der Waals surface area contributed by atoms with Crippen LogP contribution in [0.4, 0.5) is 0 Å². The van der Waals surface area contributed by atoms with E-state index in [2.05, 4.69) is 47.7 Å². The first-order valence-corrected chi connectivity index (χ1v) is 16.8. The molecular weight excluding hydrogens is 442 g/mol. The Labute approximate surface area is 195 Å². The van der Waals surface area contributed by atoms with Crippen molar-refractivity contribution in [3.63, 3.8) is 0 Å². The summed E-state index contributed by atoms with van der Waals surface area (Å²) in [5.41, 5.74) is -0.441.